The third kappa shape index (κ3) is 4.53. The van der Waals surface area contributed by atoms with Gasteiger partial charge >= 0.3 is 5.97 Å². The van der Waals surface area contributed by atoms with Crippen molar-refractivity contribution in [3.8, 4) is 5.75 Å². The first-order chi connectivity index (χ1) is 13.1. The summed E-state index contributed by atoms with van der Waals surface area (Å²) in [4.78, 5) is 25.9. The monoisotopic (exact) mass is 369 g/mol. The van der Waals surface area contributed by atoms with E-state index in [0.29, 0.717) is 18.8 Å². The number of nitrogens with zero attached hydrogens (tertiary/aromatic N) is 1. The van der Waals surface area contributed by atoms with Crippen molar-refractivity contribution in [3.05, 3.63) is 71.6 Å². The van der Waals surface area contributed by atoms with Crippen LogP contribution in [0.4, 0.5) is 4.39 Å². The molecule has 2 aromatic rings. The van der Waals surface area contributed by atoms with Gasteiger partial charge in [-0.25, -0.2) is 9.18 Å². The summed E-state index contributed by atoms with van der Waals surface area (Å²) >= 11 is 0. The number of methoxy groups -OCH3 is 1. The van der Waals surface area contributed by atoms with Crippen LogP contribution < -0.4 is 4.74 Å². The van der Waals surface area contributed by atoms with Crippen molar-refractivity contribution < 1.29 is 23.5 Å². The second-order valence-corrected chi connectivity index (χ2v) is 6.11. The number of hydrogen-bond acceptors (Lipinski definition) is 4. The SMILES string of the molecule is COc1ccc(C(=O)OCC(=O)N2CC=C(c3ccccc3)CC2)c(F)c1. The summed E-state index contributed by atoms with van der Waals surface area (Å²) in [5.41, 5.74) is 2.11. The van der Waals surface area contributed by atoms with E-state index < -0.39 is 18.4 Å². The topological polar surface area (TPSA) is 55.8 Å². The van der Waals surface area contributed by atoms with Crippen molar-refractivity contribution in [1.29, 1.82) is 0 Å². The molecule has 0 saturated heterocycles. The van der Waals surface area contributed by atoms with Gasteiger partial charge in [-0.1, -0.05) is 36.4 Å². The molecule has 27 heavy (non-hydrogen) atoms. The lowest BCUT2D eigenvalue weighted by atomic mass is 10.00. The third-order valence-electron chi connectivity index (χ3n) is 4.43. The van der Waals surface area contributed by atoms with E-state index in [9.17, 15) is 14.0 Å². The smallest absolute Gasteiger partial charge is 0.341 e. The van der Waals surface area contributed by atoms with E-state index in [2.05, 4.69) is 0 Å². The number of carbonyl (C=O) groups excluding carboxylic acids is 2. The highest BCUT2D eigenvalue weighted by Gasteiger charge is 2.21. The van der Waals surface area contributed by atoms with Crippen LogP contribution in [0, 0.1) is 5.82 Å². The minimum Gasteiger partial charge on any atom is -0.497 e. The number of benzene rings is 2. The first-order valence-electron chi connectivity index (χ1n) is 8.61. The number of hydrogen-bond donors (Lipinski definition) is 0. The Kier molecular flexibility index (Phi) is 5.86. The molecule has 0 N–H and O–H groups in total. The largest absolute Gasteiger partial charge is 0.497 e. The van der Waals surface area contributed by atoms with Gasteiger partial charge in [-0.2, -0.15) is 0 Å². The maximum absolute atomic E-state index is 13.9. The number of amides is 1. The Morgan fingerprint density at radius 2 is 1.93 bits per heavy atom. The minimum atomic E-state index is -0.874. The van der Waals surface area contributed by atoms with Gasteiger partial charge in [-0.05, 0) is 29.7 Å². The van der Waals surface area contributed by atoms with Gasteiger partial charge in [0, 0.05) is 19.2 Å². The second-order valence-electron chi connectivity index (χ2n) is 6.11. The Hall–Kier alpha value is -3.15. The molecule has 1 amide bonds. The summed E-state index contributed by atoms with van der Waals surface area (Å²) in [6.07, 6.45) is 2.73. The van der Waals surface area contributed by atoms with Gasteiger partial charge in [0.15, 0.2) is 6.61 Å². The van der Waals surface area contributed by atoms with Crippen molar-refractivity contribution in [2.45, 2.75) is 6.42 Å². The summed E-state index contributed by atoms with van der Waals surface area (Å²) in [7, 11) is 1.40. The van der Waals surface area contributed by atoms with E-state index in [1.54, 1.807) is 4.90 Å². The molecule has 1 aliphatic rings. The highest BCUT2D eigenvalue weighted by Crippen LogP contribution is 2.22. The van der Waals surface area contributed by atoms with E-state index in [4.69, 9.17) is 9.47 Å². The van der Waals surface area contributed by atoms with Crippen LogP contribution in [0.5, 0.6) is 5.75 Å². The lowest BCUT2D eigenvalue weighted by molar-refractivity contribution is -0.134. The minimum absolute atomic E-state index is 0.228. The van der Waals surface area contributed by atoms with Gasteiger partial charge in [0.2, 0.25) is 0 Å². The number of ether oxygens (including phenoxy) is 2. The van der Waals surface area contributed by atoms with E-state index in [0.717, 1.165) is 18.1 Å². The number of esters is 1. The van der Waals surface area contributed by atoms with Crippen molar-refractivity contribution in [3.63, 3.8) is 0 Å². The standard InChI is InChI=1S/C21H20FNO4/c1-26-17-7-8-18(19(22)13-17)21(25)27-14-20(24)23-11-9-16(10-12-23)15-5-3-2-4-6-15/h2-9,13H,10-12,14H2,1H3. The summed E-state index contributed by atoms with van der Waals surface area (Å²) in [6, 6.07) is 13.8. The van der Waals surface area contributed by atoms with Crippen LogP contribution in [0.15, 0.2) is 54.6 Å². The molecular weight excluding hydrogens is 349 g/mol. The van der Waals surface area contributed by atoms with Gasteiger partial charge in [-0.15, -0.1) is 0 Å². The quantitative estimate of drug-likeness (QED) is 0.759. The Bertz CT molecular complexity index is 864. The van der Waals surface area contributed by atoms with Crippen molar-refractivity contribution >= 4 is 17.4 Å². The molecule has 140 valence electrons. The molecule has 6 heteroatoms. The summed E-state index contributed by atoms with van der Waals surface area (Å²) in [5, 5.41) is 0. The van der Waals surface area contributed by atoms with Crippen molar-refractivity contribution in [1.82, 2.24) is 4.90 Å². The first kappa shape index (κ1) is 18.6. The molecule has 3 rings (SSSR count). The Labute approximate surface area is 157 Å². The fourth-order valence-electron chi connectivity index (χ4n) is 2.89. The zero-order valence-electron chi connectivity index (χ0n) is 15.0. The van der Waals surface area contributed by atoms with E-state index in [-0.39, 0.29) is 11.5 Å². The molecule has 5 nitrogen and oxygen atoms in total. The zero-order valence-corrected chi connectivity index (χ0v) is 15.0. The van der Waals surface area contributed by atoms with E-state index in [1.807, 2.05) is 36.4 Å². The van der Waals surface area contributed by atoms with Gasteiger partial charge in [0.05, 0.1) is 12.7 Å². The molecule has 0 aromatic heterocycles. The van der Waals surface area contributed by atoms with Crippen LogP contribution in [0.3, 0.4) is 0 Å². The fraction of sp³-hybridized carbons (Fsp3) is 0.238. The van der Waals surface area contributed by atoms with Crippen molar-refractivity contribution in [2.75, 3.05) is 26.8 Å². The Morgan fingerprint density at radius 1 is 1.15 bits per heavy atom. The molecule has 2 aromatic carbocycles. The molecule has 1 aliphatic heterocycles. The third-order valence-corrected chi connectivity index (χ3v) is 4.43. The average Bonchev–Trinajstić information content (AvgIpc) is 2.72. The normalized spacial score (nSPS) is 13.7. The second kappa shape index (κ2) is 8.49. The van der Waals surface area contributed by atoms with Crippen molar-refractivity contribution in [2.24, 2.45) is 0 Å². The number of carbonyl (C=O) groups is 2. The molecule has 0 aliphatic carbocycles. The van der Waals surface area contributed by atoms with E-state index in [1.165, 1.54) is 24.8 Å². The molecule has 0 bridgehead atoms. The van der Waals surface area contributed by atoms with Crippen LogP contribution in [0.25, 0.3) is 5.57 Å². The van der Waals surface area contributed by atoms with Gasteiger partial charge in [0.25, 0.3) is 5.91 Å². The maximum atomic E-state index is 13.9. The highest BCUT2D eigenvalue weighted by molar-refractivity contribution is 5.91. The fourth-order valence-corrected chi connectivity index (χ4v) is 2.89. The molecule has 0 fully saturated rings. The van der Waals surface area contributed by atoms with Crippen LogP contribution >= 0.6 is 0 Å². The van der Waals surface area contributed by atoms with Gasteiger partial charge in [0.1, 0.15) is 11.6 Å². The predicted molar refractivity (Wildman–Crippen MR) is 98.9 cm³/mol. The lowest BCUT2D eigenvalue weighted by Crippen LogP contribution is -2.37. The number of halogens is 1. The van der Waals surface area contributed by atoms with E-state index >= 15 is 0 Å². The summed E-state index contributed by atoms with van der Waals surface area (Å²) in [5.74, 6) is -1.63. The first-order valence-corrected chi connectivity index (χ1v) is 8.61. The van der Waals surface area contributed by atoms with Crippen LogP contribution in [-0.4, -0.2) is 43.6 Å². The summed E-state index contributed by atoms with van der Waals surface area (Å²) in [6.45, 7) is 0.588. The average molecular weight is 369 g/mol. The van der Waals surface area contributed by atoms with Crippen LogP contribution in [-0.2, 0) is 9.53 Å². The zero-order chi connectivity index (χ0) is 19.2. The Morgan fingerprint density at radius 3 is 2.56 bits per heavy atom. The van der Waals surface area contributed by atoms with Gasteiger partial charge in [-0.3, -0.25) is 4.79 Å². The highest BCUT2D eigenvalue weighted by atomic mass is 19.1. The van der Waals surface area contributed by atoms with Crippen LogP contribution in [0.1, 0.15) is 22.3 Å². The number of rotatable bonds is 5. The molecule has 0 saturated carbocycles. The lowest BCUT2D eigenvalue weighted by Gasteiger charge is -2.26. The van der Waals surface area contributed by atoms with Gasteiger partial charge < -0.3 is 14.4 Å². The van der Waals surface area contributed by atoms with Crippen LogP contribution in [0.2, 0.25) is 0 Å². The molecule has 0 unspecified atom stereocenters. The predicted octanol–water partition coefficient (Wildman–Crippen LogP) is 3.31. The Balaban J connectivity index is 1.54. The molecule has 0 radical (unpaired) electrons. The maximum Gasteiger partial charge on any atom is 0.341 e. The molecule has 0 spiro atoms. The molecule has 0 atom stereocenters. The summed E-state index contributed by atoms with van der Waals surface area (Å²) < 4.78 is 23.8. The molecular formula is C21H20FNO4. The molecule has 1 heterocycles.